The van der Waals surface area contributed by atoms with Gasteiger partial charge in [-0.15, -0.1) is 0 Å². The highest BCUT2D eigenvalue weighted by Crippen LogP contribution is 2.36. The molecule has 0 bridgehead atoms. The van der Waals surface area contributed by atoms with Crippen LogP contribution >= 0.6 is 0 Å². The molecule has 1 aliphatic heterocycles. The second-order valence-corrected chi connectivity index (χ2v) is 9.46. The zero-order valence-corrected chi connectivity index (χ0v) is 17.1. The summed E-state index contributed by atoms with van der Waals surface area (Å²) >= 11 is 0. The lowest BCUT2D eigenvalue weighted by Crippen LogP contribution is -2.35. The van der Waals surface area contributed by atoms with E-state index >= 15 is 0 Å². The molecule has 2 aromatic rings. The third-order valence-corrected chi connectivity index (χ3v) is 7.56. The first-order valence-electron chi connectivity index (χ1n) is 9.47. The van der Waals surface area contributed by atoms with Crippen LogP contribution in [0.2, 0.25) is 0 Å². The topological polar surface area (TPSA) is 37.4 Å². The van der Waals surface area contributed by atoms with Crippen LogP contribution in [-0.4, -0.2) is 19.3 Å². The minimum absolute atomic E-state index is 0.0802. The smallest absolute Gasteiger partial charge is 0.207 e. The Balaban J connectivity index is 2.09. The highest BCUT2D eigenvalue weighted by molar-refractivity contribution is 7.89. The number of rotatable bonds is 3. The van der Waals surface area contributed by atoms with Crippen molar-refractivity contribution in [2.24, 2.45) is 0 Å². The van der Waals surface area contributed by atoms with Crippen LogP contribution in [0.3, 0.4) is 0 Å². The summed E-state index contributed by atoms with van der Waals surface area (Å²) in [6.45, 7) is 8.56. The first-order valence-corrected chi connectivity index (χ1v) is 10.9. The predicted molar refractivity (Wildman–Crippen MR) is 107 cm³/mol. The van der Waals surface area contributed by atoms with Gasteiger partial charge >= 0.3 is 0 Å². The number of aryl methyl sites for hydroxylation is 4. The van der Waals surface area contributed by atoms with Crippen molar-refractivity contribution in [1.29, 1.82) is 0 Å². The zero-order chi connectivity index (χ0) is 18.9. The van der Waals surface area contributed by atoms with Gasteiger partial charge in [0.2, 0.25) is 10.0 Å². The third-order valence-electron chi connectivity index (χ3n) is 5.51. The van der Waals surface area contributed by atoms with E-state index in [9.17, 15) is 8.42 Å². The van der Waals surface area contributed by atoms with Gasteiger partial charge in [-0.05, 0) is 68.9 Å². The standard InChI is InChI=1S/C22H29NO2S/c1-16-9-8-10-20(13-16)21-11-6-5-7-12-23(21)26(24,25)22-15-18(3)17(2)14-19(22)4/h8-10,13-15,21H,5-7,11-12H2,1-4H3/t21-/m0/s1. The van der Waals surface area contributed by atoms with Gasteiger partial charge in [0.05, 0.1) is 10.9 Å². The van der Waals surface area contributed by atoms with Gasteiger partial charge in [-0.25, -0.2) is 8.42 Å². The van der Waals surface area contributed by atoms with Crippen molar-refractivity contribution in [3.63, 3.8) is 0 Å². The Labute approximate surface area is 158 Å². The average molecular weight is 372 g/mol. The van der Waals surface area contributed by atoms with Crippen molar-refractivity contribution in [2.45, 2.75) is 64.3 Å². The summed E-state index contributed by atoms with van der Waals surface area (Å²) in [5, 5.41) is 0. The molecular formula is C22H29NO2S. The minimum atomic E-state index is -3.53. The molecule has 2 aromatic carbocycles. The molecule has 1 aliphatic rings. The number of benzene rings is 2. The van der Waals surface area contributed by atoms with Crippen LogP contribution < -0.4 is 0 Å². The van der Waals surface area contributed by atoms with Crippen molar-refractivity contribution in [3.05, 3.63) is 64.2 Å². The lowest BCUT2D eigenvalue weighted by atomic mass is 10.0. The molecule has 140 valence electrons. The largest absolute Gasteiger partial charge is 0.243 e. The van der Waals surface area contributed by atoms with Gasteiger partial charge in [0.1, 0.15) is 0 Å². The second kappa shape index (κ2) is 7.53. The van der Waals surface area contributed by atoms with Gasteiger partial charge < -0.3 is 0 Å². The monoisotopic (exact) mass is 371 g/mol. The maximum atomic E-state index is 13.6. The van der Waals surface area contributed by atoms with E-state index in [1.165, 1.54) is 5.56 Å². The Morgan fingerprint density at radius 2 is 1.62 bits per heavy atom. The summed E-state index contributed by atoms with van der Waals surface area (Å²) in [6.07, 6.45) is 3.95. The van der Waals surface area contributed by atoms with E-state index in [0.717, 1.165) is 47.9 Å². The summed E-state index contributed by atoms with van der Waals surface area (Å²) in [5.74, 6) is 0. The molecule has 0 aliphatic carbocycles. The molecule has 0 aromatic heterocycles. The van der Waals surface area contributed by atoms with Crippen molar-refractivity contribution in [2.75, 3.05) is 6.54 Å². The number of hydrogen-bond acceptors (Lipinski definition) is 2. The molecule has 0 N–H and O–H groups in total. The molecule has 3 nitrogen and oxygen atoms in total. The van der Waals surface area contributed by atoms with Crippen molar-refractivity contribution < 1.29 is 8.42 Å². The summed E-state index contributed by atoms with van der Waals surface area (Å²) in [7, 11) is -3.53. The van der Waals surface area contributed by atoms with E-state index in [0.29, 0.717) is 11.4 Å². The maximum absolute atomic E-state index is 13.6. The quantitative estimate of drug-likeness (QED) is 0.741. The number of sulfonamides is 1. The summed E-state index contributed by atoms with van der Waals surface area (Å²) in [6, 6.07) is 12.0. The van der Waals surface area contributed by atoms with Gasteiger partial charge in [-0.1, -0.05) is 48.7 Å². The Morgan fingerprint density at radius 1 is 0.885 bits per heavy atom. The van der Waals surface area contributed by atoms with Crippen LogP contribution in [0.25, 0.3) is 0 Å². The van der Waals surface area contributed by atoms with Crippen molar-refractivity contribution in [1.82, 2.24) is 4.31 Å². The van der Waals surface area contributed by atoms with Crippen LogP contribution in [-0.2, 0) is 10.0 Å². The molecular weight excluding hydrogens is 342 g/mol. The fourth-order valence-electron chi connectivity index (χ4n) is 3.92. The summed E-state index contributed by atoms with van der Waals surface area (Å²) in [4.78, 5) is 0.458. The summed E-state index contributed by atoms with van der Waals surface area (Å²) < 4.78 is 29.0. The molecule has 3 rings (SSSR count). The van der Waals surface area contributed by atoms with Crippen LogP contribution in [0.1, 0.15) is 59.5 Å². The fraction of sp³-hybridized carbons (Fsp3) is 0.455. The third kappa shape index (κ3) is 3.72. The lowest BCUT2D eigenvalue weighted by Gasteiger charge is -2.30. The van der Waals surface area contributed by atoms with Crippen LogP contribution in [0.15, 0.2) is 41.3 Å². The van der Waals surface area contributed by atoms with E-state index in [2.05, 4.69) is 25.1 Å². The molecule has 0 amide bonds. The summed E-state index contributed by atoms with van der Waals surface area (Å²) in [5.41, 5.74) is 5.27. The number of nitrogens with zero attached hydrogens (tertiary/aromatic N) is 1. The van der Waals surface area contributed by atoms with Gasteiger partial charge in [0, 0.05) is 6.54 Å². The highest BCUT2D eigenvalue weighted by atomic mass is 32.2. The van der Waals surface area contributed by atoms with Crippen molar-refractivity contribution in [3.8, 4) is 0 Å². The highest BCUT2D eigenvalue weighted by Gasteiger charge is 2.34. The number of hydrogen-bond donors (Lipinski definition) is 0. The molecule has 1 fully saturated rings. The molecule has 26 heavy (non-hydrogen) atoms. The maximum Gasteiger partial charge on any atom is 0.243 e. The fourth-order valence-corrected chi connectivity index (χ4v) is 5.89. The molecule has 0 unspecified atom stereocenters. The molecule has 4 heteroatoms. The van der Waals surface area contributed by atoms with Crippen molar-refractivity contribution >= 4 is 10.0 Å². The van der Waals surface area contributed by atoms with Crippen LogP contribution in [0.4, 0.5) is 0 Å². The van der Waals surface area contributed by atoms with E-state index in [-0.39, 0.29) is 6.04 Å². The van der Waals surface area contributed by atoms with Gasteiger partial charge in [0.15, 0.2) is 0 Å². The Kier molecular flexibility index (Phi) is 5.54. The zero-order valence-electron chi connectivity index (χ0n) is 16.2. The molecule has 1 atom stereocenters. The predicted octanol–water partition coefficient (Wildman–Crippen LogP) is 5.23. The van der Waals surface area contributed by atoms with E-state index in [1.54, 1.807) is 4.31 Å². The second-order valence-electron chi connectivity index (χ2n) is 7.60. The first-order chi connectivity index (χ1) is 12.3. The molecule has 1 heterocycles. The van der Waals surface area contributed by atoms with Gasteiger partial charge in [-0.3, -0.25) is 0 Å². The van der Waals surface area contributed by atoms with E-state index in [1.807, 2.05) is 39.0 Å². The Hall–Kier alpha value is -1.65. The Bertz CT molecular complexity index is 902. The Morgan fingerprint density at radius 3 is 2.35 bits per heavy atom. The lowest BCUT2D eigenvalue weighted by molar-refractivity contribution is 0.328. The van der Waals surface area contributed by atoms with Crippen LogP contribution in [0.5, 0.6) is 0 Å². The van der Waals surface area contributed by atoms with Crippen LogP contribution in [0, 0.1) is 27.7 Å². The van der Waals surface area contributed by atoms with E-state index in [4.69, 9.17) is 0 Å². The van der Waals surface area contributed by atoms with Gasteiger partial charge in [0.25, 0.3) is 0 Å². The van der Waals surface area contributed by atoms with E-state index < -0.39 is 10.0 Å². The molecule has 0 spiro atoms. The normalized spacial score (nSPS) is 19.3. The molecule has 0 radical (unpaired) electrons. The van der Waals surface area contributed by atoms with Gasteiger partial charge in [-0.2, -0.15) is 4.31 Å². The first kappa shape index (κ1) is 19.1. The minimum Gasteiger partial charge on any atom is -0.207 e. The molecule has 0 saturated carbocycles. The molecule has 1 saturated heterocycles. The SMILES string of the molecule is Cc1cccc([C@@H]2CCCCCN2S(=O)(=O)c2cc(C)c(C)cc2C)c1. The average Bonchev–Trinajstić information content (AvgIpc) is 2.84.